The Bertz CT molecular complexity index is 735. The van der Waals surface area contributed by atoms with E-state index in [0.717, 1.165) is 11.4 Å². The quantitative estimate of drug-likeness (QED) is 0.884. The first kappa shape index (κ1) is 17.0. The van der Waals surface area contributed by atoms with Crippen molar-refractivity contribution in [1.29, 1.82) is 0 Å². The molecule has 0 saturated carbocycles. The maximum atomic E-state index is 12.1. The molecule has 2 N–H and O–H groups in total. The van der Waals surface area contributed by atoms with Gasteiger partial charge in [-0.3, -0.25) is 4.79 Å². The zero-order chi connectivity index (χ0) is 17.4. The van der Waals surface area contributed by atoms with E-state index in [4.69, 9.17) is 4.74 Å². The Morgan fingerprint density at radius 3 is 2.67 bits per heavy atom. The fourth-order valence-corrected chi connectivity index (χ4v) is 4.57. The number of nitrogens with one attached hydrogen (secondary N) is 2. The SMILES string of the molecule is CC1(C)Cc2cc(NC(=O)COc3ccccc3)sc2C(C)(C)N1. The van der Waals surface area contributed by atoms with Crippen LogP contribution in [-0.2, 0) is 16.8 Å². The molecule has 2 aromatic rings. The van der Waals surface area contributed by atoms with Gasteiger partial charge in [-0.2, -0.15) is 0 Å². The number of anilines is 1. The number of carbonyl (C=O) groups excluding carboxylic acids is 1. The maximum Gasteiger partial charge on any atom is 0.262 e. The Kier molecular flexibility index (Phi) is 4.40. The molecule has 1 aromatic heterocycles. The van der Waals surface area contributed by atoms with Gasteiger partial charge < -0.3 is 15.4 Å². The molecule has 3 rings (SSSR count). The number of hydrogen-bond acceptors (Lipinski definition) is 4. The Hall–Kier alpha value is -1.85. The van der Waals surface area contributed by atoms with Crippen LogP contribution in [0.25, 0.3) is 0 Å². The van der Waals surface area contributed by atoms with Crippen molar-refractivity contribution >= 4 is 22.2 Å². The van der Waals surface area contributed by atoms with Crippen LogP contribution >= 0.6 is 11.3 Å². The molecule has 1 amide bonds. The third kappa shape index (κ3) is 3.79. The van der Waals surface area contributed by atoms with Gasteiger partial charge in [0.1, 0.15) is 5.75 Å². The van der Waals surface area contributed by atoms with Gasteiger partial charge in [0, 0.05) is 16.0 Å². The van der Waals surface area contributed by atoms with Crippen LogP contribution in [0.2, 0.25) is 0 Å². The van der Waals surface area contributed by atoms with E-state index in [1.165, 1.54) is 10.4 Å². The van der Waals surface area contributed by atoms with E-state index in [1.54, 1.807) is 11.3 Å². The van der Waals surface area contributed by atoms with Gasteiger partial charge in [0.15, 0.2) is 6.61 Å². The van der Waals surface area contributed by atoms with Crippen molar-refractivity contribution in [1.82, 2.24) is 5.32 Å². The summed E-state index contributed by atoms with van der Waals surface area (Å²) >= 11 is 1.64. The summed E-state index contributed by atoms with van der Waals surface area (Å²) in [4.78, 5) is 13.4. The minimum atomic E-state index is -0.137. The topological polar surface area (TPSA) is 50.4 Å². The largest absolute Gasteiger partial charge is 0.484 e. The molecule has 5 heteroatoms. The highest BCUT2D eigenvalue weighted by molar-refractivity contribution is 7.16. The molecule has 0 fully saturated rings. The summed E-state index contributed by atoms with van der Waals surface area (Å²) in [5, 5.41) is 7.52. The molecule has 1 aromatic carbocycles. The van der Waals surface area contributed by atoms with Crippen molar-refractivity contribution in [2.24, 2.45) is 0 Å². The van der Waals surface area contributed by atoms with E-state index < -0.39 is 0 Å². The summed E-state index contributed by atoms with van der Waals surface area (Å²) in [7, 11) is 0. The summed E-state index contributed by atoms with van der Waals surface area (Å²) in [5.41, 5.74) is 1.27. The minimum absolute atomic E-state index is 0.0136. The molecule has 0 unspecified atom stereocenters. The molecule has 0 atom stereocenters. The number of rotatable bonds is 4. The zero-order valence-corrected chi connectivity index (χ0v) is 15.4. The number of hydrogen-bond donors (Lipinski definition) is 2. The monoisotopic (exact) mass is 344 g/mol. The highest BCUT2D eigenvalue weighted by Crippen LogP contribution is 2.41. The van der Waals surface area contributed by atoms with Crippen molar-refractivity contribution in [2.75, 3.05) is 11.9 Å². The van der Waals surface area contributed by atoms with Crippen LogP contribution in [0.3, 0.4) is 0 Å². The number of thiophene rings is 1. The molecule has 1 aliphatic rings. The summed E-state index contributed by atoms with van der Waals surface area (Å²) in [6.45, 7) is 8.81. The molecule has 0 saturated heterocycles. The average Bonchev–Trinajstić information content (AvgIpc) is 2.87. The average molecular weight is 344 g/mol. The molecule has 128 valence electrons. The van der Waals surface area contributed by atoms with Gasteiger partial charge >= 0.3 is 0 Å². The van der Waals surface area contributed by atoms with E-state index in [2.05, 4.69) is 44.4 Å². The zero-order valence-electron chi connectivity index (χ0n) is 14.6. The molecule has 0 bridgehead atoms. The van der Waals surface area contributed by atoms with Crippen molar-refractivity contribution in [3.05, 3.63) is 46.8 Å². The predicted molar refractivity (Wildman–Crippen MR) is 98.8 cm³/mol. The summed E-state index contributed by atoms with van der Waals surface area (Å²) in [6.07, 6.45) is 0.957. The number of ether oxygens (including phenoxy) is 1. The number of amides is 1. The highest BCUT2D eigenvalue weighted by atomic mass is 32.1. The Morgan fingerprint density at radius 1 is 1.25 bits per heavy atom. The first-order chi connectivity index (χ1) is 11.3. The first-order valence-electron chi connectivity index (χ1n) is 8.15. The molecule has 0 aliphatic carbocycles. The van der Waals surface area contributed by atoms with Gasteiger partial charge in [0.25, 0.3) is 5.91 Å². The van der Waals surface area contributed by atoms with Crippen LogP contribution < -0.4 is 15.4 Å². The van der Waals surface area contributed by atoms with Crippen LogP contribution in [-0.4, -0.2) is 18.1 Å². The summed E-state index contributed by atoms with van der Waals surface area (Å²) in [6, 6.07) is 11.5. The lowest BCUT2D eigenvalue weighted by molar-refractivity contribution is -0.118. The maximum absolute atomic E-state index is 12.1. The standard InChI is InChI=1S/C19H24N2O2S/c1-18(2)11-13-10-16(24-17(13)19(3,4)21-18)20-15(22)12-23-14-8-6-5-7-9-14/h5-10,21H,11-12H2,1-4H3,(H,20,22). The molecular formula is C19H24N2O2S. The lowest BCUT2D eigenvalue weighted by Crippen LogP contribution is -2.54. The Balaban J connectivity index is 1.67. The summed E-state index contributed by atoms with van der Waals surface area (Å²) < 4.78 is 5.50. The van der Waals surface area contributed by atoms with Crippen LogP contribution in [0.1, 0.15) is 38.1 Å². The van der Waals surface area contributed by atoms with E-state index in [0.29, 0.717) is 5.75 Å². The van der Waals surface area contributed by atoms with Gasteiger partial charge in [-0.05, 0) is 57.9 Å². The smallest absolute Gasteiger partial charge is 0.262 e. The molecule has 2 heterocycles. The predicted octanol–water partition coefficient (Wildman–Crippen LogP) is 3.93. The second-order valence-electron chi connectivity index (χ2n) is 7.43. The van der Waals surface area contributed by atoms with Crippen molar-refractivity contribution in [3.63, 3.8) is 0 Å². The minimum Gasteiger partial charge on any atom is -0.484 e. The molecular weight excluding hydrogens is 320 g/mol. The third-order valence-electron chi connectivity index (χ3n) is 4.04. The number of fused-ring (bicyclic) bond motifs is 1. The number of para-hydroxylation sites is 1. The Morgan fingerprint density at radius 2 is 1.96 bits per heavy atom. The molecule has 0 spiro atoms. The van der Waals surface area contributed by atoms with E-state index in [9.17, 15) is 4.79 Å². The van der Waals surface area contributed by atoms with Gasteiger partial charge in [0.05, 0.1) is 5.00 Å². The van der Waals surface area contributed by atoms with E-state index in [1.807, 2.05) is 30.3 Å². The van der Waals surface area contributed by atoms with Crippen LogP contribution in [0.5, 0.6) is 5.75 Å². The van der Waals surface area contributed by atoms with Gasteiger partial charge in [-0.1, -0.05) is 18.2 Å². The molecule has 4 nitrogen and oxygen atoms in total. The van der Waals surface area contributed by atoms with Gasteiger partial charge in [-0.15, -0.1) is 11.3 Å². The molecule has 24 heavy (non-hydrogen) atoms. The van der Waals surface area contributed by atoms with Gasteiger partial charge in [0.2, 0.25) is 0 Å². The van der Waals surface area contributed by atoms with Crippen molar-refractivity contribution < 1.29 is 9.53 Å². The van der Waals surface area contributed by atoms with Gasteiger partial charge in [-0.25, -0.2) is 0 Å². The van der Waals surface area contributed by atoms with Crippen LogP contribution in [0, 0.1) is 0 Å². The van der Waals surface area contributed by atoms with Crippen molar-refractivity contribution in [2.45, 2.75) is 45.2 Å². The van der Waals surface area contributed by atoms with E-state index in [-0.39, 0.29) is 23.6 Å². The first-order valence-corrected chi connectivity index (χ1v) is 8.97. The second kappa shape index (κ2) is 6.22. The second-order valence-corrected chi connectivity index (χ2v) is 8.48. The highest BCUT2D eigenvalue weighted by Gasteiger charge is 2.38. The normalized spacial score (nSPS) is 17.8. The fourth-order valence-electron chi connectivity index (χ4n) is 3.41. The fraction of sp³-hybridized carbons (Fsp3) is 0.421. The van der Waals surface area contributed by atoms with Crippen LogP contribution in [0.4, 0.5) is 5.00 Å². The number of benzene rings is 1. The summed E-state index contributed by atoms with van der Waals surface area (Å²) in [5.74, 6) is 0.563. The molecule has 0 radical (unpaired) electrons. The Labute approximate surface area is 147 Å². The lowest BCUT2D eigenvalue weighted by atomic mass is 9.83. The number of carbonyl (C=O) groups is 1. The third-order valence-corrected chi connectivity index (χ3v) is 5.45. The van der Waals surface area contributed by atoms with Crippen LogP contribution in [0.15, 0.2) is 36.4 Å². The van der Waals surface area contributed by atoms with Crippen molar-refractivity contribution in [3.8, 4) is 5.75 Å². The molecule has 1 aliphatic heterocycles. The van der Waals surface area contributed by atoms with E-state index >= 15 is 0 Å². The lowest BCUT2D eigenvalue weighted by Gasteiger charge is -2.42.